The molecule has 0 aliphatic rings. The highest BCUT2D eigenvalue weighted by Gasteiger charge is 2.24. The number of ketones is 1. The number of nitrogens with zero attached hydrogens (tertiary/aromatic N) is 1. The lowest BCUT2D eigenvalue weighted by atomic mass is 10.0. The monoisotopic (exact) mass is 385 g/mol. The molecular weight excluding hydrogens is 366 g/mol. The van der Waals surface area contributed by atoms with Crippen molar-refractivity contribution >= 4 is 22.6 Å². The number of aromatic amines is 1. The van der Waals surface area contributed by atoms with Crippen LogP contribution in [0, 0.1) is 0 Å². The number of carbonyl (C=O) groups is 2. The smallest absolute Gasteiger partial charge is 0.254 e. The molecule has 1 amide bonds. The Bertz CT molecular complexity index is 1050. The number of hydrogen-bond acceptors (Lipinski definition) is 7. The first-order chi connectivity index (χ1) is 13.5. The third kappa shape index (κ3) is 2.96. The highest BCUT2D eigenvalue weighted by Crippen LogP contribution is 2.39. The maximum Gasteiger partial charge on any atom is 0.254 e. The van der Waals surface area contributed by atoms with Crippen molar-refractivity contribution in [3.05, 3.63) is 41.1 Å². The Morgan fingerprint density at radius 1 is 0.929 bits per heavy atom. The van der Waals surface area contributed by atoms with Gasteiger partial charge in [0.15, 0.2) is 11.5 Å². The van der Waals surface area contributed by atoms with Gasteiger partial charge in [0.1, 0.15) is 22.5 Å². The van der Waals surface area contributed by atoms with Crippen LogP contribution in [-0.4, -0.2) is 50.3 Å². The SMILES string of the molecule is COc1cc(C(=O)c2[nH]nc3c(C(N)=O)c(OC)ccc23)cc(OC)c1OC. The van der Waals surface area contributed by atoms with Crippen LogP contribution in [0.3, 0.4) is 0 Å². The second-order valence-electron chi connectivity index (χ2n) is 5.74. The number of rotatable bonds is 7. The summed E-state index contributed by atoms with van der Waals surface area (Å²) in [6, 6.07) is 6.27. The minimum Gasteiger partial charge on any atom is -0.496 e. The van der Waals surface area contributed by atoms with E-state index in [9.17, 15) is 9.59 Å². The predicted molar refractivity (Wildman–Crippen MR) is 101 cm³/mol. The van der Waals surface area contributed by atoms with Crippen LogP contribution >= 0.6 is 0 Å². The Morgan fingerprint density at radius 3 is 2.04 bits per heavy atom. The summed E-state index contributed by atoms with van der Waals surface area (Å²) in [5, 5.41) is 7.22. The van der Waals surface area contributed by atoms with Gasteiger partial charge in [-0.05, 0) is 24.3 Å². The first kappa shape index (κ1) is 19.0. The first-order valence-corrected chi connectivity index (χ1v) is 8.16. The number of benzene rings is 2. The molecule has 1 aromatic heterocycles. The molecule has 0 atom stereocenters. The van der Waals surface area contributed by atoms with E-state index in [1.807, 2.05) is 0 Å². The van der Waals surface area contributed by atoms with Gasteiger partial charge in [-0.1, -0.05) is 0 Å². The minimum absolute atomic E-state index is 0.0974. The summed E-state index contributed by atoms with van der Waals surface area (Å²) in [6.45, 7) is 0. The summed E-state index contributed by atoms with van der Waals surface area (Å²) in [6.07, 6.45) is 0. The number of ether oxygens (including phenoxy) is 4. The van der Waals surface area contributed by atoms with Crippen LogP contribution in [0.15, 0.2) is 24.3 Å². The van der Waals surface area contributed by atoms with Crippen molar-refractivity contribution in [2.45, 2.75) is 0 Å². The van der Waals surface area contributed by atoms with Crippen LogP contribution in [0.25, 0.3) is 10.9 Å². The quantitative estimate of drug-likeness (QED) is 0.595. The fourth-order valence-corrected chi connectivity index (χ4v) is 3.00. The molecule has 0 saturated heterocycles. The number of aromatic nitrogens is 2. The lowest BCUT2D eigenvalue weighted by Crippen LogP contribution is -2.13. The molecule has 2 aromatic carbocycles. The molecule has 9 nitrogen and oxygen atoms in total. The molecule has 0 radical (unpaired) electrons. The van der Waals surface area contributed by atoms with Gasteiger partial charge in [-0.15, -0.1) is 0 Å². The van der Waals surface area contributed by atoms with Crippen molar-refractivity contribution in [1.29, 1.82) is 0 Å². The molecule has 0 fully saturated rings. The second-order valence-corrected chi connectivity index (χ2v) is 5.74. The molecule has 0 saturated carbocycles. The summed E-state index contributed by atoms with van der Waals surface area (Å²) >= 11 is 0. The van der Waals surface area contributed by atoms with E-state index in [0.717, 1.165) is 0 Å². The molecule has 0 unspecified atom stereocenters. The van der Waals surface area contributed by atoms with Crippen molar-refractivity contribution in [3.8, 4) is 23.0 Å². The van der Waals surface area contributed by atoms with E-state index in [4.69, 9.17) is 24.7 Å². The van der Waals surface area contributed by atoms with Crippen LogP contribution in [0.1, 0.15) is 26.4 Å². The van der Waals surface area contributed by atoms with Crippen LogP contribution < -0.4 is 24.7 Å². The number of methoxy groups -OCH3 is 4. The van der Waals surface area contributed by atoms with Crippen LogP contribution in [0.5, 0.6) is 23.0 Å². The van der Waals surface area contributed by atoms with Gasteiger partial charge in [0.2, 0.25) is 11.5 Å². The number of H-pyrrole nitrogens is 1. The molecule has 3 N–H and O–H groups in total. The zero-order valence-corrected chi connectivity index (χ0v) is 15.8. The Morgan fingerprint density at radius 2 is 1.54 bits per heavy atom. The van der Waals surface area contributed by atoms with Crippen molar-refractivity contribution in [3.63, 3.8) is 0 Å². The largest absolute Gasteiger partial charge is 0.496 e. The fraction of sp³-hybridized carbons (Fsp3) is 0.211. The molecule has 0 aliphatic heterocycles. The van der Waals surface area contributed by atoms with Gasteiger partial charge in [-0.3, -0.25) is 14.7 Å². The molecule has 0 aliphatic carbocycles. The third-order valence-corrected chi connectivity index (χ3v) is 4.31. The zero-order chi connectivity index (χ0) is 20.4. The molecule has 0 bridgehead atoms. The van der Waals surface area contributed by atoms with Crippen LogP contribution in [-0.2, 0) is 0 Å². The van der Waals surface area contributed by atoms with Crippen LogP contribution in [0.4, 0.5) is 0 Å². The van der Waals surface area contributed by atoms with Gasteiger partial charge >= 0.3 is 0 Å². The number of nitrogens with two attached hydrogens (primary N) is 1. The number of carbonyl (C=O) groups excluding carboxylic acids is 2. The lowest BCUT2D eigenvalue weighted by molar-refractivity contribution is 0.0996. The van der Waals surface area contributed by atoms with E-state index < -0.39 is 5.91 Å². The van der Waals surface area contributed by atoms with Gasteiger partial charge in [0, 0.05) is 10.9 Å². The minimum atomic E-state index is -0.708. The molecule has 0 spiro atoms. The van der Waals surface area contributed by atoms with E-state index >= 15 is 0 Å². The van der Waals surface area contributed by atoms with E-state index in [1.54, 1.807) is 12.1 Å². The second kappa shape index (κ2) is 7.47. The average Bonchev–Trinajstić information content (AvgIpc) is 3.14. The van der Waals surface area contributed by atoms with E-state index in [-0.39, 0.29) is 33.9 Å². The molecule has 146 valence electrons. The molecule has 3 rings (SSSR count). The number of nitrogens with one attached hydrogen (secondary N) is 1. The topological polar surface area (TPSA) is 126 Å². The average molecular weight is 385 g/mol. The fourth-order valence-electron chi connectivity index (χ4n) is 3.00. The first-order valence-electron chi connectivity index (χ1n) is 8.16. The summed E-state index contributed by atoms with van der Waals surface area (Å²) in [5.74, 6) is 0.250. The number of hydrogen-bond donors (Lipinski definition) is 2. The van der Waals surface area contributed by atoms with Crippen molar-refractivity contribution in [2.24, 2.45) is 5.73 Å². The molecule has 28 heavy (non-hydrogen) atoms. The maximum atomic E-state index is 13.1. The molecular formula is C19H19N3O6. The van der Waals surface area contributed by atoms with Crippen molar-refractivity contribution in [2.75, 3.05) is 28.4 Å². The predicted octanol–water partition coefficient (Wildman–Crippen LogP) is 1.93. The Labute approximate surface area is 160 Å². The maximum absolute atomic E-state index is 13.1. The van der Waals surface area contributed by atoms with Gasteiger partial charge in [0.25, 0.3) is 5.91 Å². The molecule has 1 heterocycles. The van der Waals surface area contributed by atoms with E-state index in [1.165, 1.54) is 40.6 Å². The lowest BCUT2D eigenvalue weighted by Gasteiger charge is -2.13. The standard InChI is InChI=1S/C19H19N3O6/c1-25-11-6-5-10-15(14(11)19(20)24)21-22-16(10)17(23)9-7-12(26-2)18(28-4)13(8-9)27-3/h5-8H,1-4H3,(H2,20,24)(H,21,22). The van der Waals surface area contributed by atoms with Crippen LogP contribution in [0.2, 0.25) is 0 Å². The van der Waals surface area contributed by atoms with E-state index in [2.05, 4.69) is 10.2 Å². The summed E-state index contributed by atoms with van der Waals surface area (Å²) < 4.78 is 21.0. The van der Waals surface area contributed by atoms with Gasteiger partial charge in [-0.25, -0.2) is 0 Å². The van der Waals surface area contributed by atoms with Crippen molar-refractivity contribution < 1.29 is 28.5 Å². The number of primary amides is 1. The molecule has 9 heteroatoms. The Kier molecular flexibility index (Phi) is 5.08. The van der Waals surface area contributed by atoms with Gasteiger partial charge < -0.3 is 24.7 Å². The van der Waals surface area contributed by atoms with Gasteiger partial charge in [0.05, 0.1) is 28.4 Å². The summed E-state index contributed by atoms with van der Waals surface area (Å²) in [7, 11) is 5.82. The summed E-state index contributed by atoms with van der Waals surface area (Å²) in [5.41, 5.74) is 6.28. The number of amides is 1. The number of fused-ring (bicyclic) bond motifs is 1. The molecule has 3 aromatic rings. The van der Waals surface area contributed by atoms with E-state index in [0.29, 0.717) is 22.6 Å². The van der Waals surface area contributed by atoms with Crippen molar-refractivity contribution in [1.82, 2.24) is 10.2 Å². The summed E-state index contributed by atoms with van der Waals surface area (Å²) in [4.78, 5) is 25.0. The highest BCUT2D eigenvalue weighted by molar-refractivity contribution is 6.18. The third-order valence-electron chi connectivity index (χ3n) is 4.31. The Hall–Kier alpha value is -3.75. The Balaban J connectivity index is 2.17. The highest BCUT2D eigenvalue weighted by atomic mass is 16.5. The normalized spacial score (nSPS) is 10.6. The zero-order valence-electron chi connectivity index (χ0n) is 15.8. The van der Waals surface area contributed by atoms with Gasteiger partial charge in [-0.2, -0.15) is 5.10 Å².